The van der Waals surface area contributed by atoms with E-state index in [1.54, 1.807) is 5.56 Å². The van der Waals surface area contributed by atoms with E-state index in [0.29, 0.717) is 34.1 Å². The Morgan fingerprint density at radius 2 is 1.07 bits per heavy atom. The molecule has 4 aliphatic carbocycles. The number of benzene rings is 8. The van der Waals surface area contributed by atoms with E-state index in [9.17, 15) is 5.26 Å². The average molecular weight is 861 g/mol. The molecule has 318 valence electrons. The highest BCUT2D eigenvalue weighted by Gasteiger charge is 2.51. The Bertz CT molecular complexity index is 3630. The Labute approximate surface area is 389 Å². The lowest BCUT2D eigenvalue weighted by molar-refractivity contribution is -0.00518. The summed E-state index contributed by atoms with van der Waals surface area (Å²) in [6, 6.07) is 63.7. The summed E-state index contributed by atoms with van der Waals surface area (Å²) in [7, 11) is 0. The van der Waals surface area contributed by atoms with E-state index in [2.05, 4.69) is 143 Å². The highest BCUT2D eigenvalue weighted by Crippen LogP contribution is 2.60. The third-order valence-corrected chi connectivity index (χ3v) is 15.3. The summed E-state index contributed by atoms with van der Waals surface area (Å²) in [5, 5.41) is 13.7. The highest BCUT2D eigenvalue weighted by molar-refractivity contribution is 6.15. The maximum absolute atomic E-state index is 9.35. The first-order valence-electron chi connectivity index (χ1n) is 23.5. The maximum Gasteiger partial charge on any atom is 0.187 e. The largest absolute Gasteiger partial charge is 0.309 e. The number of para-hydroxylation sites is 1. The molecule has 10 aromatic rings. The number of hydrogen-bond donors (Lipinski definition) is 0. The van der Waals surface area contributed by atoms with Crippen molar-refractivity contribution in [1.29, 1.82) is 5.26 Å². The van der Waals surface area contributed by atoms with Gasteiger partial charge in [0.15, 0.2) is 23.2 Å². The Hall–Kier alpha value is -8.19. The minimum atomic E-state index is 0.400. The van der Waals surface area contributed by atoms with Crippen LogP contribution in [0.1, 0.15) is 49.7 Å². The molecule has 0 N–H and O–H groups in total. The van der Waals surface area contributed by atoms with Gasteiger partial charge in [-0.15, -0.1) is 0 Å². The topological polar surface area (TPSA) is 71.8 Å². The molecule has 4 fully saturated rings. The fourth-order valence-electron chi connectivity index (χ4n) is 12.5. The van der Waals surface area contributed by atoms with Crippen molar-refractivity contribution in [3.63, 3.8) is 0 Å². The number of hydrogen-bond acceptors (Lipinski definition) is 4. The second-order valence-corrected chi connectivity index (χ2v) is 19.3. The van der Waals surface area contributed by atoms with Gasteiger partial charge in [-0.1, -0.05) is 127 Å². The number of rotatable bonds is 7. The Morgan fingerprint density at radius 1 is 0.522 bits per heavy atom. The number of fused-ring (bicyclic) bond motifs is 4. The fraction of sp³-hybridized carbons (Fsp3) is 0.164. The minimum absolute atomic E-state index is 0.400. The predicted molar refractivity (Wildman–Crippen MR) is 270 cm³/mol. The van der Waals surface area contributed by atoms with Crippen LogP contribution in [0.15, 0.2) is 176 Å². The van der Waals surface area contributed by atoms with Crippen molar-refractivity contribution in [3.8, 4) is 68.2 Å². The van der Waals surface area contributed by atoms with Gasteiger partial charge >= 0.3 is 0 Å². The third-order valence-electron chi connectivity index (χ3n) is 15.3. The molecule has 2 heterocycles. The zero-order chi connectivity index (χ0) is 44.6. The summed E-state index contributed by atoms with van der Waals surface area (Å²) in [4.78, 5) is 19.2. The van der Waals surface area contributed by atoms with E-state index in [1.165, 1.54) is 49.7 Å². The van der Waals surface area contributed by atoms with Crippen LogP contribution in [0.4, 0.5) is 5.69 Å². The molecule has 0 atom stereocenters. The van der Waals surface area contributed by atoms with Gasteiger partial charge in [-0.05, 0) is 149 Å². The third kappa shape index (κ3) is 6.71. The lowest BCUT2D eigenvalue weighted by Gasteiger charge is -2.57. The standard InChI is InChI=1S/C61H44N6/c1-63-51-25-19-46(20-26-51)58-64-59(48-16-14-45-13-15-47(32-49(45)33-48)44-11-9-38(37-62)10-12-44)66-60(65-58)54-6-4-8-56-57(54)53-5-2-3-7-55(53)67(56)52-27-21-43(22-28-52)42-17-23-50(24-18-42)61-34-39-29-40(35-61)31-41(30-39)36-61/h2-28,32-33,39-41H,29-31,34-36H2. The molecule has 6 nitrogen and oxygen atoms in total. The molecule has 8 aromatic carbocycles. The summed E-state index contributed by atoms with van der Waals surface area (Å²) in [6.07, 6.45) is 8.55. The molecule has 14 rings (SSSR count). The van der Waals surface area contributed by atoms with Gasteiger partial charge in [0.2, 0.25) is 0 Å². The molecular weight excluding hydrogens is 817 g/mol. The molecule has 4 saturated carbocycles. The Balaban J connectivity index is 0.897. The van der Waals surface area contributed by atoms with E-state index in [1.807, 2.05) is 48.5 Å². The van der Waals surface area contributed by atoms with Crippen LogP contribution in [-0.2, 0) is 5.41 Å². The van der Waals surface area contributed by atoms with Crippen LogP contribution in [0.25, 0.3) is 99.5 Å². The van der Waals surface area contributed by atoms with E-state index >= 15 is 0 Å². The molecule has 0 radical (unpaired) electrons. The maximum atomic E-state index is 9.35. The van der Waals surface area contributed by atoms with Crippen molar-refractivity contribution in [2.24, 2.45) is 17.8 Å². The number of nitrogens with zero attached hydrogens (tertiary/aromatic N) is 6. The van der Waals surface area contributed by atoms with Crippen LogP contribution >= 0.6 is 0 Å². The van der Waals surface area contributed by atoms with Crippen LogP contribution in [0.5, 0.6) is 0 Å². The van der Waals surface area contributed by atoms with Crippen molar-refractivity contribution in [2.45, 2.75) is 43.9 Å². The second-order valence-electron chi connectivity index (χ2n) is 19.3. The first-order chi connectivity index (χ1) is 33.0. The quantitative estimate of drug-likeness (QED) is 0.150. The summed E-state index contributed by atoms with van der Waals surface area (Å²) in [6.45, 7) is 7.56. The lowest BCUT2D eigenvalue weighted by atomic mass is 9.48. The van der Waals surface area contributed by atoms with Gasteiger partial charge in [0, 0.05) is 33.2 Å². The molecule has 2 aromatic heterocycles. The Kier molecular flexibility index (Phi) is 9.05. The van der Waals surface area contributed by atoms with Crippen molar-refractivity contribution in [3.05, 3.63) is 198 Å². The van der Waals surface area contributed by atoms with Crippen LogP contribution in [0, 0.1) is 35.7 Å². The van der Waals surface area contributed by atoms with Crippen LogP contribution in [0.2, 0.25) is 0 Å². The lowest BCUT2D eigenvalue weighted by Crippen LogP contribution is -2.48. The molecule has 0 unspecified atom stereocenters. The van der Waals surface area contributed by atoms with E-state index in [4.69, 9.17) is 21.5 Å². The normalized spacial score (nSPS) is 19.5. The van der Waals surface area contributed by atoms with Crippen molar-refractivity contribution < 1.29 is 0 Å². The summed E-state index contributed by atoms with van der Waals surface area (Å²) in [5.74, 6) is 4.47. The van der Waals surface area contributed by atoms with Crippen molar-refractivity contribution in [2.75, 3.05) is 0 Å². The first-order valence-corrected chi connectivity index (χ1v) is 23.5. The van der Waals surface area contributed by atoms with Gasteiger partial charge in [0.25, 0.3) is 0 Å². The minimum Gasteiger partial charge on any atom is -0.309 e. The Morgan fingerprint density at radius 3 is 1.76 bits per heavy atom. The van der Waals surface area contributed by atoms with Crippen LogP contribution < -0.4 is 0 Å². The number of aromatic nitrogens is 4. The van der Waals surface area contributed by atoms with Gasteiger partial charge in [0.05, 0.1) is 29.2 Å². The number of nitriles is 1. The molecule has 0 aliphatic heterocycles. The monoisotopic (exact) mass is 860 g/mol. The van der Waals surface area contributed by atoms with Crippen molar-refractivity contribution >= 4 is 38.3 Å². The smallest absolute Gasteiger partial charge is 0.187 e. The molecule has 67 heavy (non-hydrogen) atoms. The van der Waals surface area contributed by atoms with Gasteiger partial charge in [-0.3, -0.25) is 0 Å². The molecule has 0 saturated heterocycles. The summed E-state index contributed by atoms with van der Waals surface area (Å²) >= 11 is 0. The van der Waals surface area contributed by atoms with Gasteiger partial charge in [-0.25, -0.2) is 19.8 Å². The molecule has 0 spiro atoms. The molecule has 0 amide bonds. The highest BCUT2D eigenvalue weighted by atomic mass is 15.0. The average Bonchev–Trinajstić information content (AvgIpc) is 3.72. The van der Waals surface area contributed by atoms with Gasteiger partial charge in [-0.2, -0.15) is 5.26 Å². The van der Waals surface area contributed by atoms with E-state index in [0.717, 1.165) is 83.8 Å². The zero-order valence-corrected chi connectivity index (χ0v) is 36.9. The zero-order valence-electron chi connectivity index (χ0n) is 36.9. The van der Waals surface area contributed by atoms with Crippen LogP contribution in [-0.4, -0.2) is 19.5 Å². The van der Waals surface area contributed by atoms with Crippen LogP contribution in [0.3, 0.4) is 0 Å². The van der Waals surface area contributed by atoms with Gasteiger partial charge in [0.1, 0.15) is 0 Å². The first kappa shape index (κ1) is 39.2. The van der Waals surface area contributed by atoms with E-state index < -0.39 is 0 Å². The SMILES string of the molecule is [C-]#[N+]c1ccc(-c2nc(-c3ccc4ccc(-c5ccc(C#N)cc5)cc4c3)nc(-c3cccc4c3c3ccccc3n4-c3ccc(-c4ccc(C56CC7CC(CC(C7)C5)C6)cc4)cc3)n2)cc1. The summed E-state index contributed by atoms with van der Waals surface area (Å²) in [5.41, 5.74) is 13.6. The fourth-order valence-corrected chi connectivity index (χ4v) is 12.5. The molecule has 6 heteroatoms. The molecule has 4 bridgehead atoms. The van der Waals surface area contributed by atoms with E-state index in [-0.39, 0.29) is 0 Å². The summed E-state index contributed by atoms with van der Waals surface area (Å²) < 4.78 is 2.36. The predicted octanol–water partition coefficient (Wildman–Crippen LogP) is 15.3. The molecular formula is C61H44N6. The van der Waals surface area contributed by atoms with Gasteiger partial charge < -0.3 is 4.57 Å². The molecule has 4 aliphatic rings. The second kappa shape index (κ2) is 15.5. The van der Waals surface area contributed by atoms with Crippen molar-refractivity contribution in [1.82, 2.24) is 19.5 Å².